The number of aryl methyl sites for hydroxylation is 2. The zero-order valence-corrected chi connectivity index (χ0v) is 10.1. The molecule has 17 heavy (non-hydrogen) atoms. The number of carbonyl (C=O) groups is 1. The number of aliphatic carboxylic acids is 1. The minimum Gasteiger partial charge on any atom is -0.496 e. The molecule has 0 aliphatic heterocycles. The van der Waals surface area contributed by atoms with E-state index in [4.69, 9.17) is 4.74 Å². The Kier molecular flexibility index (Phi) is 2.60. The molecule has 0 radical (unpaired) electrons. The first-order valence-corrected chi connectivity index (χ1v) is 5.51. The van der Waals surface area contributed by atoms with Crippen LogP contribution in [0.15, 0.2) is 6.07 Å². The van der Waals surface area contributed by atoms with Gasteiger partial charge in [0.2, 0.25) is 0 Å². The highest BCUT2D eigenvalue weighted by Crippen LogP contribution is 2.53. The lowest BCUT2D eigenvalue weighted by atomic mass is 9.90. The number of carboxylic acids is 1. The van der Waals surface area contributed by atoms with Crippen LogP contribution in [0.3, 0.4) is 0 Å². The van der Waals surface area contributed by atoms with Crippen molar-refractivity contribution < 1.29 is 19.0 Å². The van der Waals surface area contributed by atoms with Crippen LogP contribution in [0.2, 0.25) is 0 Å². The Hall–Kier alpha value is -1.58. The van der Waals surface area contributed by atoms with Crippen molar-refractivity contribution in [1.82, 2.24) is 0 Å². The molecule has 3 nitrogen and oxygen atoms in total. The van der Waals surface area contributed by atoms with Crippen molar-refractivity contribution in [2.24, 2.45) is 0 Å². The molecule has 0 saturated heterocycles. The third-order valence-corrected chi connectivity index (χ3v) is 3.43. The van der Waals surface area contributed by atoms with Crippen LogP contribution < -0.4 is 4.74 Å². The Bertz CT molecular complexity index is 490. The van der Waals surface area contributed by atoms with Crippen molar-refractivity contribution in [1.29, 1.82) is 0 Å². The van der Waals surface area contributed by atoms with E-state index in [0.29, 0.717) is 24.2 Å². The van der Waals surface area contributed by atoms with Gasteiger partial charge in [-0.2, -0.15) is 0 Å². The van der Waals surface area contributed by atoms with E-state index in [1.54, 1.807) is 19.9 Å². The highest BCUT2D eigenvalue weighted by atomic mass is 19.1. The molecule has 0 amide bonds. The smallest absolute Gasteiger partial charge is 0.314 e. The quantitative estimate of drug-likeness (QED) is 0.880. The molecule has 0 spiro atoms. The van der Waals surface area contributed by atoms with Gasteiger partial charge in [-0.15, -0.1) is 0 Å². The van der Waals surface area contributed by atoms with Crippen LogP contribution in [-0.4, -0.2) is 18.2 Å². The van der Waals surface area contributed by atoms with E-state index < -0.39 is 17.2 Å². The molecule has 0 unspecified atom stereocenters. The second-order valence-electron chi connectivity index (χ2n) is 4.62. The summed E-state index contributed by atoms with van der Waals surface area (Å²) in [5.41, 5.74) is 0.372. The van der Waals surface area contributed by atoms with Crippen molar-refractivity contribution in [2.75, 3.05) is 7.11 Å². The van der Waals surface area contributed by atoms with Crippen LogP contribution in [0.25, 0.3) is 0 Å². The zero-order valence-electron chi connectivity index (χ0n) is 10.1. The largest absolute Gasteiger partial charge is 0.496 e. The molecule has 1 saturated carbocycles. The predicted molar refractivity (Wildman–Crippen MR) is 61.0 cm³/mol. The number of ether oxygens (including phenoxy) is 1. The normalized spacial score (nSPS) is 16.7. The minimum absolute atomic E-state index is 0.213. The summed E-state index contributed by atoms with van der Waals surface area (Å²) in [6, 6.07) is 1.68. The summed E-state index contributed by atoms with van der Waals surface area (Å²) in [5, 5.41) is 9.26. The van der Waals surface area contributed by atoms with Crippen LogP contribution >= 0.6 is 0 Å². The predicted octanol–water partition coefficient (Wildman–Crippen LogP) is 2.57. The van der Waals surface area contributed by atoms with E-state index >= 15 is 0 Å². The van der Waals surface area contributed by atoms with Crippen molar-refractivity contribution in [3.05, 3.63) is 28.6 Å². The molecule has 0 bridgehead atoms. The summed E-state index contributed by atoms with van der Waals surface area (Å²) in [4.78, 5) is 11.3. The fraction of sp³-hybridized carbons (Fsp3) is 0.462. The van der Waals surface area contributed by atoms with E-state index in [9.17, 15) is 14.3 Å². The first-order chi connectivity index (χ1) is 7.94. The van der Waals surface area contributed by atoms with Gasteiger partial charge < -0.3 is 9.84 Å². The molecule has 2 rings (SSSR count). The Balaban J connectivity index is 2.71. The summed E-state index contributed by atoms with van der Waals surface area (Å²) in [5.74, 6) is -1.06. The zero-order chi connectivity index (χ0) is 12.8. The maximum atomic E-state index is 14.2. The van der Waals surface area contributed by atoms with E-state index in [1.165, 1.54) is 7.11 Å². The molecule has 0 aromatic heterocycles. The molecule has 1 aliphatic carbocycles. The third-order valence-electron chi connectivity index (χ3n) is 3.43. The highest BCUT2D eigenvalue weighted by Gasteiger charge is 2.55. The Labute approximate surface area is 99.2 Å². The average molecular weight is 238 g/mol. The van der Waals surface area contributed by atoms with Crippen molar-refractivity contribution in [3.63, 3.8) is 0 Å². The van der Waals surface area contributed by atoms with Crippen LogP contribution in [-0.2, 0) is 10.2 Å². The summed E-state index contributed by atoms with van der Waals surface area (Å²) in [6.07, 6.45) is 0.941. The molecule has 1 fully saturated rings. The second kappa shape index (κ2) is 3.72. The third kappa shape index (κ3) is 1.59. The summed E-state index contributed by atoms with van der Waals surface area (Å²) in [7, 11) is 1.44. The van der Waals surface area contributed by atoms with Crippen LogP contribution in [0.1, 0.15) is 29.5 Å². The van der Waals surface area contributed by atoms with E-state index in [0.717, 1.165) is 5.56 Å². The van der Waals surface area contributed by atoms with Gasteiger partial charge in [0.15, 0.2) is 0 Å². The molecule has 92 valence electrons. The standard InChI is InChI=1S/C13H15FO3/c1-7-6-8(2)11(17-3)9(10(7)14)13(4-5-13)12(15)16/h6H,4-5H2,1-3H3,(H,15,16). The number of hydrogen-bond donors (Lipinski definition) is 1. The lowest BCUT2D eigenvalue weighted by Crippen LogP contribution is -2.23. The topological polar surface area (TPSA) is 46.5 Å². The van der Waals surface area contributed by atoms with Crippen LogP contribution in [0.4, 0.5) is 4.39 Å². The van der Waals surface area contributed by atoms with E-state index in [-0.39, 0.29) is 5.56 Å². The first-order valence-electron chi connectivity index (χ1n) is 5.51. The molecule has 1 aromatic rings. The van der Waals surface area contributed by atoms with E-state index in [2.05, 4.69) is 0 Å². The second-order valence-corrected chi connectivity index (χ2v) is 4.62. The van der Waals surface area contributed by atoms with Gasteiger partial charge in [-0.25, -0.2) is 4.39 Å². The number of carboxylic acid groups (broad SMARTS) is 1. The van der Waals surface area contributed by atoms with Gasteiger partial charge in [0, 0.05) is 5.56 Å². The van der Waals surface area contributed by atoms with Gasteiger partial charge in [0.05, 0.1) is 12.5 Å². The van der Waals surface area contributed by atoms with Crippen molar-refractivity contribution in [3.8, 4) is 5.75 Å². The Morgan fingerprint density at radius 3 is 2.41 bits per heavy atom. The number of methoxy groups -OCH3 is 1. The Morgan fingerprint density at radius 2 is 2.00 bits per heavy atom. The maximum Gasteiger partial charge on any atom is 0.314 e. The fourth-order valence-corrected chi connectivity index (χ4v) is 2.33. The minimum atomic E-state index is -1.08. The van der Waals surface area contributed by atoms with Gasteiger partial charge in [0.25, 0.3) is 0 Å². The molecular formula is C13H15FO3. The highest BCUT2D eigenvalue weighted by molar-refractivity contribution is 5.86. The van der Waals surface area contributed by atoms with Gasteiger partial charge in [-0.3, -0.25) is 4.79 Å². The SMILES string of the molecule is COc1c(C)cc(C)c(F)c1C1(C(=O)O)CC1. The molecule has 1 aromatic carbocycles. The molecule has 1 aliphatic rings. The molecule has 1 N–H and O–H groups in total. The monoisotopic (exact) mass is 238 g/mol. The first kappa shape index (κ1) is 11.9. The number of halogens is 1. The lowest BCUT2D eigenvalue weighted by Gasteiger charge is -2.19. The summed E-state index contributed by atoms with van der Waals surface area (Å²) in [6.45, 7) is 3.44. The summed E-state index contributed by atoms with van der Waals surface area (Å²) >= 11 is 0. The van der Waals surface area contributed by atoms with Crippen LogP contribution in [0, 0.1) is 19.7 Å². The van der Waals surface area contributed by atoms with E-state index in [1.807, 2.05) is 0 Å². The van der Waals surface area contributed by atoms with Crippen molar-refractivity contribution >= 4 is 5.97 Å². The molecule has 0 heterocycles. The van der Waals surface area contributed by atoms with Gasteiger partial charge in [-0.1, -0.05) is 0 Å². The van der Waals surface area contributed by atoms with Crippen LogP contribution in [0.5, 0.6) is 5.75 Å². The number of benzene rings is 1. The maximum absolute atomic E-state index is 14.2. The average Bonchev–Trinajstić information content (AvgIpc) is 3.04. The fourth-order valence-electron chi connectivity index (χ4n) is 2.33. The van der Waals surface area contributed by atoms with Gasteiger partial charge in [0.1, 0.15) is 11.6 Å². The Morgan fingerprint density at radius 1 is 1.41 bits per heavy atom. The number of rotatable bonds is 3. The number of hydrogen-bond acceptors (Lipinski definition) is 2. The summed E-state index contributed by atoms with van der Waals surface area (Å²) < 4.78 is 19.4. The molecule has 0 atom stereocenters. The van der Waals surface area contributed by atoms with Crippen molar-refractivity contribution in [2.45, 2.75) is 32.1 Å². The van der Waals surface area contributed by atoms with Gasteiger partial charge >= 0.3 is 5.97 Å². The molecular weight excluding hydrogens is 223 g/mol. The lowest BCUT2D eigenvalue weighted by molar-refractivity contribution is -0.140. The van der Waals surface area contributed by atoms with Gasteiger partial charge in [-0.05, 0) is 43.9 Å². The molecule has 4 heteroatoms.